The van der Waals surface area contributed by atoms with Crippen LogP contribution in [0.3, 0.4) is 0 Å². The first-order valence-electron chi connectivity index (χ1n) is 5.32. The summed E-state index contributed by atoms with van der Waals surface area (Å²) in [5.74, 6) is 0.804. The normalized spacial score (nSPS) is 9.82. The van der Waals surface area contributed by atoms with E-state index in [-0.39, 0.29) is 19.8 Å². The Morgan fingerprint density at radius 2 is 2.24 bits per heavy atom. The van der Waals surface area contributed by atoms with Crippen LogP contribution in [0.4, 0.5) is 4.79 Å². The average Bonchev–Trinajstić information content (AvgIpc) is 2.34. The average molecular weight is 239 g/mol. The van der Waals surface area contributed by atoms with Gasteiger partial charge in [0.15, 0.2) is 0 Å². The van der Waals surface area contributed by atoms with Gasteiger partial charge in [-0.25, -0.2) is 4.79 Å². The molecule has 17 heavy (non-hydrogen) atoms. The zero-order chi connectivity index (χ0) is 12.7. The monoisotopic (exact) mass is 239 g/mol. The second-order valence-electron chi connectivity index (χ2n) is 3.53. The van der Waals surface area contributed by atoms with Gasteiger partial charge in [-0.1, -0.05) is 6.07 Å². The van der Waals surface area contributed by atoms with Gasteiger partial charge in [-0.15, -0.1) is 0 Å². The molecule has 0 aliphatic rings. The molecular weight excluding hydrogens is 222 g/mol. The van der Waals surface area contributed by atoms with Crippen molar-refractivity contribution in [3.63, 3.8) is 0 Å². The quantitative estimate of drug-likeness (QED) is 0.810. The van der Waals surface area contributed by atoms with E-state index in [0.717, 1.165) is 16.9 Å². The maximum Gasteiger partial charge on any atom is 0.407 e. The largest absolute Gasteiger partial charge is 0.496 e. The van der Waals surface area contributed by atoms with Crippen molar-refractivity contribution in [2.75, 3.05) is 20.3 Å². The number of hydrogen-bond acceptors (Lipinski definition) is 4. The molecule has 0 unspecified atom stereocenters. The summed E-state index contributed by atoms with van der Waals surface area (Å²) in [7, 11) is 1.61. The van der Waals surface area contributed by atoms with Crippen molar-refractivity contribution in [1.82, 2.24) is 5.32 Å². The Morgan fingerprint density at radius 3 is 2.82 bits per heavy atom. The number of aliphatic hydroxyl groups is 1. The lowest BCUT2D eigenvalue weighted by Gasteiger charge is -2.08. The summed E-state index contributed by atoms with van der Waals surface area (Å²) >= 11 is 0. The van der Waals surface area contributed by atoms with Crippen LogP contribution in [0, 0.1) is 6.92 Å². The fourth-order valence-corrected chi connectivity index (χ4v) is 1.39. The number of hydrogen-bond donors (Lipinski definition) is 2. The van der Waals surface area contributed by atoms with Crippen LogP contribution in [0.25, 0.3) is 0 Å². The zero-order valence-corrected chi connectivity index (χ0v) is 10.0. The van der Waals surface area contributed by atoms with Crippen LogP contribution in [0.1, 0.15) is 11.1 Å². The first-order chi connectivity index (χ1) is 8.17. The highest BCUT2D eigenvalue weighted by Gasteiger charge is 2.03. The minimum atomic E-state index is -0.535. The topological polar surface area (TPSA) is 67.8 Å². The van der Waals surface area contributed by atoms with Gasteiger partial charge in [0.2, 0.25) is 0 Å². The molecule has 0 aliphatic carbocycles. The van der Waals surface area contributed by atoms with Crippen LogP contribution in [-0.2, 0) is 11.3 Å². The van der Waals surface area contributed by atoms with E-state index >= 15 is 0 Å². The second-order valence-corrected chi connectivity index (χ2v) is 3.53. The van der Waals surface area contributed by atoms with Crippen molar-refractivity contribution in [2.45, 2.75) is 13.5 Å². The Balaban J connectivity index is 2.47. The Bertz CT molecular complexity index is 379. The van der Waals surface area contributed by atoms with Crippen LogP contribution in [0.2, 0.25) is 0 Å². The fraction of sp³-hybridized carbons (Fsp3) is 0.417. The van der Waals surface area contributed by atoms with Crippen molar-refractivity contribution in [1.29, 1.82) is 0 Å². The molecule has 1 amide bonds. The number of benzene rings is 1. The van der Waals surface area contributed by atoms with Crippen molar-refractivity contribution in [3.8, 4) is 5.75 Å². The summed E-state index contributed by atoms with van der Waals surface area (Å²) in [6.45, 7) is 2.22. The molecule has 5 nitrogen and oxygen atoms in total. The van der Waals surface area contributed by atoms with Crippen molar-refractivity contribution in [2.24, 2.45) is 0 Å². The highest BCUT2D eigenvalue weighted by atomic mass is 16.5. The lowest BCUT2D eigenvalue weighted by molar-refractivity contribution is 0.137. The molecule has 0 saturated carbocycles. The van der Waals surface area contributed by atoms with Crippen molar-refractivity contribution >= 4 is 6.09 Å². The number of methoxy groups -OCH3 is 1. The second kappa shape index (κ2) is 6.75. The summed E-state index contributed by atoms with van der Waals surface area (Å²) in [6, 6.07) is 5.57. The molecule has 5 heteroatoms. The van der Waals surface area contributed by atoms with E-state index in [1.54, 1.807) is 7.11 Å². The molecule has 0 bridgehead atoms. The first kappa shape index (κ1) is 13.3. The van der Waals surface area contributed by atoms with Crippen LogP contribution >= 0.6 is 0 Å². The molecule has 0 atom stereocenters. The van der Waals surface area contributed by atoms with Crippen molar-refractivity contribution in [3.05, 3.63) is 29.3 Å². The smallest absolute Gasteiger partial charge is 0.407 e. The number of carbonyl (C=O) groups excluding carboxylic acids is 1. The van der Waals surface area contributed by atoms with Crippen LogP contribution in [0.15, 0.2) is 18.2 Å². The molecule has 0 aliphatic heterocycles. The molecule has 94 valence electrons. The molecule has 0 spiro atoms. The maximum absolute atomic E-state index is 11.1. The lowest BCUT2D eigenvalue weighted by Crippen LogP contribution is -2.26. The number of carbonyl (C=O) groups is 1. The predicted molar refractivity (Wildman–Crippen MR) is 63.0 cm³/mol. The number of alkyl carbamates (subject to hydrolysis) is 1. The Morgan fingerprint density at radius 1 is 1.47 bits per heavy atom. The molecule has 1 aromatic rings. The molecule has 0 radical (unpaired) electrons. The van der Waals surface area contributed by atoms with Gasteiger partial charge in [0, 0.05) is 6.54 Å². The van der Waals surface area contributed by atoms with Gasteiger partial charge >= 0.3 is 6.09 Å². The van der Waals surface area contributed by atoms with E-state index in [0.29, 0.717) is 0 Å². The Kier molecular flexibility index (Phi) is 5.29. The maximum atomic E-state index is 11.1. The standard InChI is InChI=1S/C12H17NO4/c1-9-7-10(3-4-11(9)16-2)8-17-12(15)13-5-6-14/h3-4,7,14H,5-6,8H2,1-2H3,(H,13,15). The Labute approximate surface area is 100 Å². The zero-order valence-electron chi connectivity index (χ0n) is 10.0. The number of nitrogens with one attached hydrogen (secondary N) is 1. The highest BCUT2D eigenvalue weighted by Crippen LogP contribution is 2.18. The SMILES string of the molecule is COc1ccc(COC(=O)NCCO)cc1C. The van der Waals surface area contributed by atoms with Crippen LogP contribution < -0.4 is 10.1 Å². The van der Waals surface area contributed by atoms with Gasteiger partial charge in [-0.2, -0.15) is 0 Å². The van der Waals surface area contributed by atoms with Gasteiger partial charge in [0.05, 0.1) is 13.7 Å². The summed E-state index contributed by atoms with van der Waals surface area (Å²) in [5.41, 5.74) is 1.88. The summed E-state index contributed by atoms with van der Waals surface area (Å²) in [6.07, 6.45) is -0.535. The molecule has 1 aromatic carbocycles. The van der Waals surface area contributed by atoms with Crippen molar-refractivity contribution < 1.29 is 19.4 Å². The molecule has 2 N–H and O–H groups in total. The fourth-order valence-electron chi connectivity index (χ4n) is 1.39. The van der Waals surface area contributed by atoms with Gasteiger partial charge in [-0.05, 0) is 30.2 Å². The molecule has 1 rings (SSSR count). The van der Waals surface area contributed by atoms with E-state index in [1.165, 1.54) is 0 Å². The molecule has 0 saturated heterocycles. The van der Waals surface area contributed by atoms with E-state index in [1.807, 2.05) is 25.1 Å². The highest BCUT2D eigenvalue weighted by molar-refractivity contribution is 5.67. The van der Waals surface area contributed by atoms with Crippen LogP contribution in [-0.4, -0.2) is 31.5 Å². The summed E-state index contributed by atoms with van der Waals surface area (Å²) in [5, 5.41) is 10.9. The number of rotatable bonds is 5. The summed E-state index contributed by atoms with van der Waals surface area (Å²) < 4.78 is 10.1. The van der Waals surface area contributed by atoms with Gasteiger partial charge < -0.3 is 19.9 Å². The third-order valence-electron chi connectivity index (χ3n) is 2.21. The van der Waals surface area contributed by atoms with E-state index in [9.17, 15) is 4.79 Å². The molecule has 0 fully saturated rings. The molecular formula is C12H17NO4. The lowest BCUT2D eigenvalue weighted by atomic mass is 10.1. The third-order valence-corrected chi connectivity index (χ3v) is 2.21. The number of aliphatic hydroxyl groups excluding tert-OH is 1. The third kappa shape index (κ3) is 4.32. The number of ether oxygens (including phenoxy) is 2. The minimum absolute atomic E-state index is 0.100. The summed E-state index contributed by atoms with van der Waals surface area (Å²) in [4.78, 5) is 11.1. The van der Waals surface area contributed by atoms with E-state index in [2.05, 4.69) is 5.32 Å². The van der Waals surface area contributed by atoms with Crippen LogP contribution in [0.5, 0.6) is 5.75 Å². The first-order valence-corrected chi connectivity index (χ1v) is 5.32. The number of aryl methyl sites for hydroxylation is 1. The van der Waals surface area contributed by atoms with Gasteiger partial charge in [-0.3, -0.25) is 0 Å². The van der Waals surface area contributed by atoms with E-state index < -0.39 is 6.09 Å². The molecule has 0 heterocycles. The van der Waals surface area contributed by atoms with E-state index in [4.69, 9.17) is 14.6 Å². The Hall–Kier alpha value is -1.75. The predicted octanol–water partition coefficient (Wildman–Crippen LogP) is 1.22. The van der Waals surface area contributed by atoms with Gasteiger partial charge in [0.25, 0.3) is 0 Å². The number of amides is 1. The van der Waals surface area contributed by atoms with Gasteiger partial charge in [0.1, 0.15) is 12.4 Å². The minimum Gasteiger partial charge on any atom is -0.496 e. The molecule has 0 aromatic heterocycles.